The SMILES string of the molecule is CC(=O)c1oc2cccc3c2c1C=CO3. The second-order valence-corrected chi connectivity index (χ2v) is 3.45. The van der Waals surface area contributed by atoms with Gasteiger partial charge in [0.05, 0.1) is 11.6 Å². The molecule has 3 heteroatoms. The quantitative estimate of drug-likeness (QED) is 0.664. The number of ketones is 1. The molecule has 0 atom stereocenters. The Kier molecular flexibility index (Phi) is 1.51. The Hall–Kier alpha value is -2.03. The molecule has 0 unspecified atom stereocenters. The van der Waals surface area contributed by atoms with Gasteiger partial charge < -0.3 is 9.15 Å². The van der Waals surface area contributed by atoms with E-state index in [4.69, 9.17) is 9.15 Å². The van der Waals surface area contributed by atoms with E-state index in [1.165, 1.54) is 6.92 Å². The molecule has 0 bridgehead atoms. The Bertz CT molecular complexity index is 590. The van der Waals surface area contributed by atoms with E-state index in [0.29, 0.717) is 11.3 Å². The molecule has 0 fully saturated rings. The van der Waals surface area contributed by atoms with Crippen molar-refractivity contribution in [3.63, 3.8) is 0 Å². The Labute approximate surface area is 85.9 Å². The van der Waals surface area contributed by atoms with E-state index in [0.717, 1.165) is 16.7 Å². The van der Waals surface area contributed by atoms with Crippen molar-refractivity contribution in [2.75, 3.05) is 0 Å². The number of benzene rings is 1. The fraction of sp³-hybridized carbons (Fsp3) is 0.0833. The number of hydrogen-bond donors (Lipinski definition) is 0. The number of hydrogen-bond acceptors (Lipinski definition) is 3. The second kappa shape index (κ2) is 2.73. The van der Waals surface area contributed by atoms with Gasteiger partial charge in [0.25, 0.3) is 0 Å². The Balaban J connectivity index is 2.48. The van der Waals surface area contributed by atoms with Crippen LogP contribution in [0.25, 0.3) is 17.0 Å². The van der Waals surface area contributed by atoms with Crippen LogP contribution in [0.1, 0.15) is 23.0 Å². The van der Waals surface area contributed by atoms with E-state index in [1.807, 2.05) is 18.2 Å². The summed E-state index contributed by atoms with van der Waals surface area (Å²) in [4.78, 5) is 11.4. The molecule has 2 aromatic rings. The molecule has 74 valence electrons. The summed E-state index contributed by atoms with van der Waals surface area (Å²) < 4.78 is 10.8. The fourth-order valence-electron chi connectivity index (χ4n) is 1.83. The highest BCUT2D eigenvalue weighted by molar-refractivity contribution is 6.05. The number of ether oxygens (including phenoxy) is 1. The standard InChI is InChI=1S/C12H8O3/c1-7(13)12-8-5-6-14-9-3-2-4-10(15-12)11(8)9/h2-6H,1H3. The van der Waals surface area contributed by atoms with Gasteiger partial charge in [0.2, 0.25) is 0 Å². The molecule has 0 N–H and O–H groups in total. The first-order valence-electron chi connectivity index (χ1n) is 4.67. The number of Topliss-reactive ketones (excluding diaryl/α,β-unsaturated/α-hetero) is 1. The lowest BCUT2D eigenvalue weighted by molar-refractivity contribution is 0.0989. The maximum absolute atomic E-state index is 11.4. The average molecular weight is 200 g/mol. The molecular formula is C12H8O3. The molecule has 0 spiro atoms. The van der Waals surface area contributed by atoms with Gasteiger partial charge in [0.1, 0.15) is 11.3 Å². The van der Waals surface area contributed by atoms with E-state index in [2.05, 4.69) is 0 Å². The molecule has 0 amide bonds. The van der Waals surface area contributed by atoms with Crippen LogP contribution in [0, 0.1) is 0 Å². The minimum absolute atomic E-state index is 0.0706. The molecule has 0 aliphatic carbocycles. The van der Waals surface area contributed by atoms with Crippen molar-refractivity contribution in [1.29, 1.82) is 0 Å². The highest BCUT2D eigenvalue weighted by Gasteiger charge is 2.20. The molecule has 1 aliphatic rings. The van der Waals surface area contributed by atoms with Gasteiger partial charge in [-0.15, -0.1) is 0 Å². The van der Waals surface area contributed by atoms with Crippen molar-refractivity contribution in [2.45, 2.75) is 6.92 Å². The topological polar surface area (TPSA) is 39.4 Å². The summed E-state index contributed by atoms with van der Waals surface area (Å²) in [5, 5.41) is 0.880. The van der Waals surface area contributed by atoms with Crippen LogP contribution in [0.15, 0.2) is 28.9 Å². The van der Waals surface area contributed by atoms with Crippen LogP contribution in [-0.4, -0.2) is 5.78 Å². The Morgan fingerprint density at radius 1 is 1.33 bits per heavy atom. The summed E-state index contributed by atoms with van der Waals surface area (Å²) in [6.45, 7) is 1.50. The van der Waals surface area contributed by atoms with E-state index in [1.54, 1.807) is 12.3 Å². The van der Waals surface area contributed by atoms with Gasteiger partial charge in [-0.25, -0.2) is 0 Å². The highest BCUT2D eigenvalue weighted by atomic mass is 16.5. The molecule has 1 aromatic carbocycles. The van der Waals surface area contributed by atoms with Crippen LogP contribution in [0.3, 0.4) is 0 Å². The highest BCUT2D eigenvalue weighted by Crippen LogP contribution is 2.37. The van der Waals surface area contributed by atoms with Crippen molar-refractivity contribution in [3.8, 4) is 5.75 Å². The van der Waals surface area contributed by atoms with Crippen LogP contribution >= 0.6 is 0 Å². The molecule has 15 heavy (non-hydrogen) atoms. The zero-order chi connectivity index (χ0) is 10.4. The normalized spacial score (nSPS) is 12.9. The Morgan fingerprint density at radius 2 is 2.20 bits per heavy atom. The monoisotopic (exact) mass is 200 g/mol. The van der Waals surface area contributed by atoms with Crippen LogP contribution in [0.4, 0.5) is 0 Å². The van der Waals surface area contributed by atoms with Crippen LogP contribution in [0.2, 0.25) is 0 Å². The van der Waals surface area contributed by atoms with Gasteiger partial charge in [-0.05, 0) is 18.2 Å². The molecule has 0 saturated heterocycles. The number of carbonyl (C=O) groups excluding carboxylic acids is 1. The first-order valence-corrected chi connectivity index (χ1v) is 4.67. The van der Waals surface area contributed by atoms with Gasteiger partial charge in [-0.3, -0.25) is 4.79 Å². The smallest absolute Gasteiger partial charge is 0.195 e. The Morgan fingerprint density at radius 3 is 3.00 bits per heavy atom. The minimum Gasteiger partial charge on any atom is -0.464 e. The van der Waals surface area contributed by atoms with Crippen LogP contribution < -0.4 is 4.74 Å². The van der Waals surface area contributed by atoms with Gasteiger partial charge in [-0.2, -0.15) is 0 Å². The van der Waals surface area contributed by atoms with Crippen molar-refractivity contribution in [2.24, 2.45) is 0 Å². The van der Waals surface area contributed by atoms with Gasteiger partial charge in [0.15, 0.2) is 11.5 Å². The van der Waals surface area contributed by atoms with Crippen LogP contribution in [0.5, 0.6) is 5.75 Å². The summed E-state index contributed by atoms with van der Waals surface area (Å²) >= 11 is 0. The van der Waals surface area contributed by atoms with Gasteiger partial charge in [-0.1, -0.05) is 6.07 Å². The summed E-state index contributed by atoms with van der Waals surface area (Å²) in [5.74, 6) is 1.07. The van der Waals surface area contributed by atoms with E-state index in [-0.39, 0.29) is 5.78 Å². The molecule has 2 heterocycles. The lowest BCUT2D eigenvalue weighted by Gasteiger charge is -2.06. The summed E-state index contributed by atoms with van der Waals surface area (Å²) in [7, 11) is 0. The molecule has 0 radical (unpaired) electrons. The third-order valence-electron chi connectivity index (χ3n) is 2.46. The lowest BCUT2D eigenvalue weighted by Crippen LogP contribution is -1.94. The molecular weight excluding hydrogens is 192 g/mol. The van der Waals surface area contributed by atoms with Crippen LogP contribution in [-0.2, 0) is 0 Å². The van der Waals surface area contributed by atoms with Gasteiger partial charge >= 0.3 is 0 Å². The van der Waals surface area contributed by atoms with E-state index >= 15 is 0 Å². The number of carbonyl (C=O) groups is 1. The van der Waals surface area contributed by atoms with Crippen molar-refractivity contribution in [1.82, 2.24) is 0 Å². The second-order valence-electron chi connectivity index (χ2n) is 3.45. The van der Waals surface area contributed by atoms with E-state index < -0.39 is 0 Å². The first kappa shape index (κ1) is 8.29. The largest absolute Gasteiger partial charge is 0.464 e. The summed E-state index contributed by atoms with van der Waals surface area (Å²) in [6, 6.07) is 5.53. The zero-order valence-corrected chi connectivity index (χ0v) is 8.11. The molecule has 0 saturated carbocycles. The van der Waals surface area contributed by atoms with Gasteiger partial charge in [0, 0.05) is 12.5 Å². The van der Waals surface area contributed by atoms with Crippen molar-refractivity contribution >= 4 is 22.8 Å². The summed E-state index contributed by atoms with van der Waals surface area (Å²) in [5.41, 5.74) is 1.51. The van der Waals surface area contributed by atoms with Crippen molar-refractivity contribution in [3.05, 3.63) is 35.8 Å². The molecule has 3 rings (SSSR count). The predicted molar refractivity (Wildman–Crippen MR) is 55.9 cm³/mol. The maximum atomic E-state index is 11.4. The predicted octanol–water partition coefficient (Wildman–Crippen LogP) is 3.00. The summed E-state index contributed by atoms with van der Waals surface area (Å²) in [6.07, 6.45) is 3.33. The van der Waals surface area contributed by atoms with Crippen molar-refractivity contribution < 1.29 is 13.9 Å². The molecule has 1 aliphatic heterocycles. The fourth-order valence-corrected chi connectivity index (χ4v) is 1.83. The third kappa shape index (κ3) is 1.03. The third-order valence-corrected chi connectivity index (χ3v) is 2.46. The van der Waals surface area contributed by atoms with E-state index in [9.17, 15) is 4.79 Å². The maximum Gasteiger partial charge on any atom is 0.195 e. The molecule has 1 aromatic heterocycles. The number of furan rings is 1. The molecule has 3 nitrogen and oxygen atoms in total. The minimum atomic E-state index is -0.0706. The first-order chi connectivity index (χ1) is 7.27. The zero-order valence-electron chi connectivity index (χ0n) is 8.11. The lowest BCUT2D eigenvalue weighted by atomic mass is 10.1. The number of rotatable bonds is 1. The average Bonchev–Trinajstić information content (AvgIpc) is 2.61.